The fraction of sp³-hybridized carbons (Fsp3) is 0.462. The lowest BCUT2D eigenvalue weighted by Crippen LogP contribution is -2.49. The summed E-state index contributed by atoms with van der Waals surface area (Å²) in [5, 5.41) is 3.18. The number of carbonyl (C=O) groups excluding carboxylic acids is 2. The summed E-state index contributed by atoms with van der Waals surface area (Å²) in [6.07, 6.45) is -1.52. The Bertz CT molecular complexity index is 1160. The van der Waals surface area contributed by atoms with Gasteiger partial charge in [0.1, 0.15) is 0 Å². The van der Waals surface area contributed by atoms with E-state index >= 15 is 0 Å². The van der Waals surface area contributed by atoms with Crippen LogP contribution in [0.1, 0.15) is 67.1 Å². The van der Waals surface area contributed by atoms with Gasteiger partial charge >= 0.3 is 12.3 Å². The molecule has 2 atom stereocenters. The number of fused-ring (bicyclic) bond motifs is 1. The third-order valence-electron chi connectivity index (χ3n) is 6.88. The van der Waals surface area contributed by atoms with Crippen molar-refractivity contribution in [2.24, 2.45) is 0 Å². The van der Waals surface area contributed by atoms with Crippen molar-refractivity contribution in [3.8, 4) is 11.5 Å². The fourth-order valence-corrected chi connectivity index (χ4v) is 5.02. The first-order valence-corrected chi connectivity index (χ1v) is 11.6. The molecule has 35 heavy (non-hydrogen) atoms. The molecule has 1 saturated carbocycles. The molecule has 0 unspecified atom stereocenters. The van der Waals surface area contributed by atoms with E-state index in [2.05, 4.69) is 14.8 Å². The quantitative estimate of drug-likeness (QED) is 0.619. The number of alkyl halides is 2. The van der Waals surface area contributed by atoms with Gasteiger partial charge in [0.25, 0.3) is 0 Å². The summed E-state index contributed by atoms with van der Waals surface area (Å²) in [6.45, 7) is 3.96. The van der Waals surface area contributed by atoms with Crippen molar-refractivity contribution in [3.05, 3.63) is 59.2 Å². The van der Waals surface area contributed by atoms with E-state index < -0.39 is 23.3 Å². The second-order valence-electron chi connectivity index (χ2n) is 10.0. The Kier molecular flexibility index (Phi) is 5.51. The largest absolute Gasteiger partial charge is 0.586 e. The number of methoxy groups -OCH3 is 1. The summed E-state index contributed by atoms with van der Waals surface area (Å²) >= 11 is 0. The van der Waals surface area contributed by atoms with E-state index in [0.29, 0.717) is 36.8 Å². The molecule has 0 bridgehead atoms. The molecule has 2 aliphatic heterocycles. The van der Waals surface area contributed by atoms with Crippen molar-refractivity contribution in [1.29, 1.82) is 0 Å². The first-order valence-electron chi connectivity index (χ1n) is 11.6. The number of hydrogen-bond acceptors (Lipinski definition) is 6. The second-order valence-corrected chi connectivity index (χ2v) is 10.0. The van der Waals surface area contributed by atoms with Gasteiger partial charge in [-0.2, -0.15) is 0 Å². The Morgan fingerprint density at radius 3 is 2.37 bits per heavy atom. The first-order chi connectivity index (χ1) is 16.5. The van der Waals surface area contributed by atoms with Crippen molar-refractivity contribution in [2.45, 2.75) is 69.0 Å². The van der Waals surface area contributed by atoms with Crippen LogP contribution < -0.4 is 14.8 Å². The van der Waals surface area contributed by atoms with Gasteiger partial charge in [-0.1, -0.05) is 18.2 Å². The lowest BCUT2D eigenvalue weighted by molar-refractivity contribution is -0.286. The Morgan fingerprint density at radius 2 is 1.71 bits per heavy atom. The summed E-state index contributed by atoms with van der Waals surface area (Å²) in [5.41, 5.74) is 0.742. The topological polar surface area (TPSA) is 83.1 Å². The number of ether oxygens (including phenoxy) is 4. The van der Waals surface area contributed by atoms with Crippen LogP contribution in [0, 0.1) is 0 Å². The van der Waals surface area contributed by atoms with Crippen LogP contribution in [-0.2, 0) is 19.7 Å². The number of benzene rings is 2. The molecule has 5 rings (SSSR count). The van der Waals surface area contributed by atoms with E-state index in [1.54, 1.807) is 18.2 Å². The van der Waals surface area contributed by atoms with Gasteiger partial charge < -0.3 is 24.3 Å². The molecule has 7 nitrogen and oxygen atoms in total. The molecule has 1 N–H and O–H groups in total. The molecular formula is C26H27F2NO6. The van der Waals surface area contributed by atoms with E-state index in [9.17, 15) is 18.4 Å². The van der Waals surface area contributed by atoms with Gasteiger partial charge in [-0.25, -0.2) is 4.79 Å². The van der Waals surface area contributed by atoms with Crippen molar-refractivity contribution in [3.63, 3.8) is 0 Å². The maximum absolute atomic E-state index is 13.4. The average molecular weight is 487 g/mol. The molecule has 1 amide bonds. The molecule has 1 aliphatic carbocycles. The minimum Gasteiger partial charge on any atom is -0.465 e. The van der Waals surface area contributed by atoms with E-state index in [1.165, 1.54) is 19.2 Å². The Hall–Kier alpha value is -3.20. The Labute approximate surface area is 201 Å². The van der Waals surface area contributed by atoms with Gasteiger partial charge in [-0.3, -0.25) is 4.79 Å². The van der Waals surface area contributed by atoms with Crippen LogP contribution in [0.15, 0.2) is 42.5 Å². The van der Waals surface area contributed by atoms with Crippen LogP contribution in [-0.4, -0.2) is 36.9 Å². The van der Waals surface area contributed by atoms with Gasteiger partial charge in [-0.15, -0.1) is 8.78 Å². The van der Waals surface area contributed by atoms with Crippen molar-refractivity contribution in [2.75, 3.05) is 7.11 Å². The number of amides is 1. The third kappa shape index (κ3) is 4.57. The fourth-order valence-electron chi connectivity index (χ4n) is 5.02. The van der Waals surface area contributed by atoms with Crippen LogP contribution in [0.2, 0.25) is 0 Å². The summed E-state index contributed by atoms with van der Waals surface area (Å²) in [4.78, 5) is 25.1. The summed E-state index contributed by atoms with van der Waals surface area (Å²) in [7, 11) is 1.34. The Balaban J connectivity index is 1.31. The van der Waals surface area contributed by atoms with E-state index in [4.69, 9.17) is 9.47 Å². The standard InChI is InChI=1S/C26H27F2NO6/c1-24(2)14-18(13-20(33-24)15-4-6-16(7-5-15)22(30)32-3)29-23(31)25(10-11-25)17-8-9-19-21(12-17)35-26(27,28)34-19/h4-9,12,18,20H,10-11,13-14H2,1-3H3,(H,29,31)/t18-,20-/m1/s1. The predicted octanol–water partition coefficient (Wildman–Crippen LogP) is 4.64. The molecule has 0 spiro atoms. The first kappa shape index (κ1) is 23.5. The van der Waals surface area contributed by atoms with Crippen molar-refractivity contribution < 1.29 is 37.3 Å². The molecule has 2 heterocycles. The van der Waals surface area contributed by atoms with Crippen molar-refractivity contribution in [1.82, 2.24) is 5.32 Å². The zero-order valence-electron chi connectivity index (χ0n) is 19.7. The molecule has 3 aliphatic rings. The van der Waals surface area contributed by atoms with E-state index in [-0.39, 0.29) is 29.6 Å². The molecule has 2 aromatic carbocycles. The van der Waals surface area contributed by atoms with Gasteiger partial charge in [0.15, 0.2) is 11.5 Å². The number of hydrogen-bond donors (Lipinski definition) is 1. The number of esters is 1. The highest BCUT2D eigenvalue weighted by Gasteiger charge is 2.53. The maximum Gasteiger partial charge on any atom is 0.586 e. The van der Waals surface area contributed by atoms with Crippen LogP contribution in [0.25, 0.3) is 0 Å². The molecule has 9 heteroatoms. The monoisotopic (exact) mass is 487 g/mol. The number of rotatable bonds is 5. The highest BCUT2D eigenvalue weighted by Crippen LogP contribution is 2.52. The minimum atomic E-state index is -3.70. The Morgan fingerprint density at radius 1 is 1.03 bits per heavy atom. The van der Waals surface area contributed by atoms with Crippen LogP contribution in [0.3, 0.4) is 0 Å². The molecule has 0 radical (unpaired) electrons. The SMILES string of the molecule is COC(=O)c1ccc([C@H]2C[C@@H](NC(=O)C3(c4ccc5c(c4)OC(F)(F)O5)CC3)CC(C)(C)O2)cc1. The van der Waals surface area contributed by atoms with E-state index in [0.717, 1.165) is 5.56 Å². The van der Waals surface area contributed by atoms with Crippen LogP contribution in [0.5, 0.6) is 11.5 Å². The average Bonchev–Trinajstić information content (AvgIpc) is 3.54. The molecule has 0 aromatic heterocycles. The predicted molar refractivity (Wildman–Crippen MR) is 120 cm³/mol. The van der Waals surface area contributed by atoms with Gasteiger partial charge in [0.2, 0.25) is 5.91 Å². The lowest BCUT2D eigenvalue weighted by Gasteiger charge is -2.41. The molecular weight excluding hydrogens is 460 g/mol. The third-order valence-corrected chi connectivity index (χ3v) is 6.88. The minimum absolute atomic E-state index is 0.0396. The van der Waals surface area contributed by atoms with Crippen molar-refractivity contribution >= 4 is 11.9 Å². The highest BCUT2D eigenvalue weighted by molar-refractivity contribution is 5.92. The number of halogens is 2. The smallest absolute Gasteiger partial charge is 0.465 e. The summed E-state index contributed by atoms with van der Waals surface area (Å²) < 4.78 is 46.9. The second kappa shape index (κ2) is 8.19. The van der Waals surface area contributed by atoms with Gasteiger partial charge in [0, 0.05) is 6.04 Å². The van der Waals surface area contributed by atoms with Crippen LogP contribution >= 0.6 is 0 Å². The zero-order valence-corrected chi connectivity index (χ0v) is 19.7. The molecule has 2 fully saturated rings. The van der Waals surface area contributed by atoms with E-state index in [1.807, 2.05) is 26.0 Å². The highest BCUT2D eigenvalue weighted by atomic mass is 19.3. The summed E-state index contributed by atoms with van der Waals surface area (Å²) in [5.74, 6) is -0.643. The normalized spacial score (nSPS) is 24.9. The zero-order chi connectivity index (χ0) is 25.0. The number of nitrogens with one attached hydrogen (secondary N) is 1. The van der Waals surface area contributed by atoms with Gasteiger partial charge in [0.05, 0.1) is 29.8 Å². The molecule has 186 valence electrons. The maximum atomic E-state index is 13.4. The number of carbonyl (C=O) groups is 2. The molecule has 2 aromatic rings. The lowest BCUT2D eigenvalue weighted by atomic mass is 9.87. The van der Waals surface area contributed by atoms with Gasteiger partial charge in [-0.05, 0) is 74.9 Å². The summed E-state index contributed by atoms with van der Waals surface area (Å²) in [6, 6.07) is 11.5. The van der Waals surface area contributed by atoms with Crippen LogP contribution in [0.4, 0.5) is 8.78 Å². The molecule has 1 saturated heterocycles.